The zero-order valence-corrected chi connectivity index (χ0v) is 13.1. The van der Waals surface area contributed by atoms with Crippen molar-refractivity contribution in [2.24, 2.45) is 7.05 Å². The van der Waals surface area contributed by atoms with Crippen LogP contribution in [0.1, 0.15) is 32.5 Å². The summed E-state index contributed by atoms with van der Waals surface area (Å²) in [6.45, 7) is 5.21. The zero-order valence-electron chi connectivity index (χ0n) is 12.3. The number of aryl methyl sites for hydroxylation is 2. The lowest BCUT2D eigenvalue weighted by atomic mass is 10.3. The standard InChI is InChI=1S/C14H21N5S/c1-4-6-11-17-12(15-7-5-2)10-13(18-11)20-14-16-8-9-19(14)3/h8-10H,4-7H2,1-3H3,(H,15,17,18). The maximum atomic E-state index is 4.61. The van der Waals surface area contributed by atoms with Crippen LogP contribution in [-0.4, -0.2) is 26.1 Å². The summed E-state index contributed by atoms with van der Waals surface area (Å²) >= 11 is 1.57. The Balaban J connectivity index is 2.21. The van der Waals surface area contributed by atoms with E-state index in [1.807, 2.05) is 23.9 Å². The van der Waals surface area contributed by atoms with E-state index >= 15 is 0 Å². The van der Waals surface area contributed by atoms with E-state index in [-0.39, 0.29) is 0 Å². The first kappa shape index (κ1) is 14.8. The lowest BCUT2D eigenvalue weighted by Crippen LogP contribution is -2.06. The molecule has 0 spiro atoms. The Kier molecular flexibility index (Phi) is 5.40. The van der Waals surface area contributed by atoms with Crippen molar-refractivity contribution in [2.45, 2.75) is 43.3 Å². The first-order valence-corrected chi connectivity index (χ1v) is 7.81. The van der Waals surface area contributed by atoms with Gasteiger partial charge in [-0.05, 0) is 24.6 Å². The minimum atomic E-state index is 0.894. The van der Waals surface area contributed by atoms with Gasteiger partial charge in [0.2, 0.25) is 0 Å². The number of nitrogens with zero attached hydrogens (tertiary/aromatic N) is 4. The van der Waals surface area contributed by atoms with Crippen LogP contribution < -0.4 is 5.32 Å². The number of hydrogen-bond acceptors (Lipinski definition) is 5. The maximum absolute atomic E-state index is 4.61. The molecule has 2 rings (SSSR count). The molecule has 108 valence electrons. The molecule has 0 saturated carbocycles. The number of aromatic nitrogens is 4. The van der Waals surface area contributed by atoms with Crippen LogP contribution >= 0.6 is 11.8 Å². The number of hydrogen-bond donors (Lipinski definition) is 1. The molecular formula is C14H21N5S. The summed E-state index contributed by atoms with van der Waals surface area (Å²) in [7, 11) is 1.99. The molecule has 0 aliphatic rings. The maximum Gasteiger partial charge on any atom is 0.174 e. The van der Waals surface area contributed by atoms with Gasteiger partial charge in [-0.1, -0.05) is 13.8 Å². The Labute approximate surface area is 124 Å². The molecule has 6 heteroatoms. The Morgan fingerprint density at radius 3 is 2.75 bits per heavy atom. The number of imidazole rings is 1. The molecule has 0 unspecified atom stereocenters. The van der Waals surface area contributed by atoms with Gasteiger partial charge < -0.3 is 9.88 Å². The van der Waals surface area contributed by atoms with E-state index in [4.69, 9.17) is 0 Å². The smallest absolute Gasteiger partial charge is 0.174 e. The molecule has 0 saturated heterocycles. The third kappa shape index (κ3) is 3.96. The summed E-state index contributed by atoms with van der Waals surface area (Å²) < 4.78 is 1.99. The van der Waals surface area contributed by atoms with Crippen LogP contribution in [-0.2, 0) is 13.5 Å². The summed E-state index contributed by atoms with van der Waals surface area (Å²) in [6, 6.07) is 1.99. The molecular weight excluding hydrogens is 270 g/mol. The van der Waals surface area contributed by atoms with Crippen LogP contribution in [0.4, 0.5) is 5.82 Å². The SMILES string of the molecule is CCCNc1cc(Sc2nccn2C)nc(CCC)n1. The van der Waals surface area contributed by atoms with Crippen LogP contribution in [0.25, 0.3) is 0 Å². The van der Waals surface area contributed by atoms with Crippen molar-refractivity contribution in [1.29, 1.82) is 0 Å². The van der Waals surface area contributed by atoms with Gasteiger partial charge in [0.05, 0.1) is 0 Å². The molecule has 1 N–H and O–H groups in total. The molecule has 5 nitrogen and oxygen atoms in total. The highest BCUT2D eigenvalue weighted by Gasteiger charge is 2.08. The molecule has 0 radical (unpaired) electrons. The first-order valence-electron chi connectivity index (χ1n) is 7.00. The third-order valence-corrected chi connectivity index (χ3v) is 3.75. The quantitative estimate of drug-likeness (QED) is 0.794. The second kappa shape index (κ2) is 7.28. The van der Waals surface area contributed by atoms with Crippen molar-refractivity contribution >= 4 is 17.6 Å². The predicted molar refractivity (Wildman–Crippen MR) is 82.1 cm³/mol. The highest BCUT2D eigenvalue weighted by Crippen LogP contribution is 2.25. The van der Waals surface area contributed by atoms with Gasteiger partial charge in [0.15, 0.2) is 5.16 Å². The highest BCUT2D eigenvalue weighted by molar-refractivity contribution is 7.99. The first-order chi connectivity index (χ1) is 9.72. The molecule has 0 atom stereocenters. The molecule has 0 aliphatic heterocycles. The minimum absolute atomic E-state index is 0.894. The van der Waals surface area contributed by atoms with E-state index in [9.17, 15) is 0 Å². The molecule has 20 heavy (non-hydrogen) atoms. The van der Waals surface area contributed by atoms with Crippen molar-refractivity contribution < 1.29 is 0 Å². The van der Waals surface area contributed by atoms with Crippen molar-refractivity contribution in [3.8, 4) is 0 Å². The van der Waals surface area contributed by atoms with Crippen molar-refractivity contribution in [2.75, 3.05) is 11.9 Å². The second-order valence-electron chi connectivity index (χ2n) is 4.61. The van der Waals surface area contributed by atoms with Gasteiger partial charge in [-0.2, -0.15) is 0 Å². The van der Waals surface area contributed by atoms with Crippen LogP contribution in [0.15, 0.2) is 28.6 Å². The molecule has 0 aliphatic carbocycles. The molecule has 0 aromatic carbocycles. The summed E-state index contributed by atoms with van der Waals surface area (Å²) in [5.41, 5.74) is 0. The summed E-state index contributed by atoms with van der Waals surface area (Å²) in [5.74, 6) is 1.80. The number of anilines is 1. The van der Waals surface area contributed by atoms with E-state index in [1.54, 1.807) is 18.0 Å². The number of nitrogens with one attached hydrogen (secondary N) is 1. The molecule has 0 amide bonds. The van der Waals surface area contributed by atoms with Crippen molar-refractivity contribution in [3.05, 3.63) is 24.3 Å². The van der Waals surface area contributed by atoms with Gasteiger partial charge in [0.1, 0.15) is 16.7 Å². The third-order valence-electron chi connectivity index (χ3n) is 2.75. The second-order valence-corrected chi connectivity index (χ2v) is 5.59. The Morgan fingerprint density at radius 1 is 1.25 bits per heavy atom. The van der Waals surface area contributed by atoms with Gasteiger partial charge in [-0.3, -0.25) is 0 Å². The number of rotatable bonds is 7. The normalized spacial score (nSPS) is 10.8. The van der Waals surface area contributed by atoms with Gasteiger partial charge in [-0.25, -0.2) is 15.0 Å². The summed E-state index contributed by atoms with van der Waals surface area (Å²) in [5, 5.41) is 5.21. The highest BCUT2D eigenvalue weighted by atomic mass is 32.2. The van der Waals surface area contributed by atoms with Crippen LogP contribution in [0.5, 0.6) is 0 Å². The van der Waals surface area contributed by atoms with E-state index in [0.717, 1.165) is 47.6 Å². The topological polar surface area (TPSA) is 55.6 Å². The molecule has 2 heterocycles. The van der Waals surface area contributed by atoms with Crippen molar-refractivity contribution in [1.82, 2.24) is 19.5 Å². The fraction of sp³-hybridized carbons (Fsp3) is 0.500. The molecule has 2 aromatic rings. The monoisotopic (exact) mass is 291 g/mol. The van der Waals surface area contributed by atoms with Crippen LogP contribution in [0, 0.1) is 0 Å². The summed E-state index contributed by atoms with van der Waals surface area (Å²) in [4.78, 5) is 13.5. The largest absolute Gasteiger partial charge is 0.370 e. The lowest BCUT2D eigenvalue weighted by molar-refractivity contribution is 0.781. The average Bonchev–Trinajstić information content (AvgIpc) is 2.82. The summed E-state index contributed by atoms with van der Waals surface area (Å²) in [6.07, 6.45) is 6.76. The Hall–Kier alpha value is -1.56. The zero-order chi connectivity index (χ0) is 14.4. The Morgan fingerprint density at radius 2 is 2.10 bits per heavy atom. The molecule has 0 fully saturated rings. The van der Waals surface area contributed by atoms with Crippen LogP contribution in [0.2, 0.25) is 0 Å². The molecule has 0 bridgehead atoms. The Bertz CT molecular complexity index is 552. The van der Waals surface area contributed by atoms with Gasteiger partial charge in [0, 0.05) is 38.5 Å². The van der Waals surface area contributed by atoms with Gasteiger partial charge in [0.25, 0.3) is 0 Å². The molecule has 2 aromatic heterocycles. The van der Waals surface area contributed by atoms with E-state index in [1.165, 1.54) is 0 Å². The fourth-order valence-corrected chi connectivity index (χ4v) is 2.57. The minimum Gasteiger partial charge on any atom is -0.370 e. The average molecular weight is 291 g/mol. The predicted octanol–water partition coefficient (Wildman–Crippen LogP) is 3.14. The van der Waals surface area contributed by atoms with E-state index in [0.29, 0.717) is 0 Å². The van der Waals surface area contributed by atoms with Crippen molar-refractivity contribution in [3.63, 3.8) is 0 Å². The fourth-order valence-electron chi connectivity index (χ4n) is 1.75. The lowest BCUT2D eigenvalue weighted by Gasteiger charge is -2.08. The van der Waals surface area contributed by atoms with E-state index < -0.39 is 0 Å². The van der Waals surface area contributed by atoms with Gasteiger partial charge in [-0.15, -0.1) is 0 Å². The van der Waals surface area contributed by atoms with Crippen LogP contribution in [0.3, 0.4) is 0 Å². The van der Waals surface area contributed by atoms with E-state index in [2.05, 4.69) is 34.1 Å². The van der Waals surface area contributed by atoms with Gasteiger partial charge >= 0.3 is 0 Å².